The predicted molar refractivity (Wildman–Crippen MR) is 185 cm³/mol. The molecule has 2 aliphatic rings. The van der Waals surface area contributed by atoms with Gasteiger partial charge in [0.1, 0.15) is 0 Å². The first-order chi connectivity index (χ1) is 20.1. The zero-order chi connectivity index (χ0) is 33.7. The van der Waals surface area contributed by atoms with Crippen molar-refractivity contribution in [1.29, 1.82) is 0 Å². The van der Waals surface area contributed by atoms with Gasteiger partial charge in [-0.25, -0.2) is 4.39 Å². The highest BCUT2D eigenvalue weighted by atomic mass is 28.4. The smallest absolute Gasteiger partial charge is 0.308 e. The summed E-state index contributed by atoms with van der Waals surface area (Å²) in [5.74, 6) is 5.04. The van der Waals surface area contributed by atoms with Gasteiger partial charge in [-0.2, -0.15) is 0 Å². The molecule has 0 aromatic heterocycles. The number of aliphatic hydroxyl groups excluding tert-OH is 1. The highest BCUT2D eigenvalue weighted by Crippen LogP contribution is 2.45. The zero-order valence-corrected chi connectivity index (χ0v) is 32.3. The van der Waals surface area contributed by atoms with Crippen LogP contribution < -0.4 is 0 Å². The summed E-state index contributed by atoms with van der Waals surface area (Å²) in [6.45, 7) is 26.9. The molecular formula is C36H65FO5Si2. The molecule has 0 aromatic rings. The van der Waals surface area contributed by atoms with E-state index >= 15 is 4.39 Å². The molecule has 0 saturated heterocycles. The zero-order valence-electron chi connectivity index (χ0n) is 30.3. The third kappa shape index (κ3) is 10.5. The van der Waals surface area contributed by atoms with Gasteiger partial charge in [0.05, 0.1) is 31.3 Å². The van der Waals surface area contributed by atoms with Crippen LogP contribution in [-0.2, 0) is 18.4 Å². The summed E-state index contributed by atoms with van der Waals surface area (Å²) in [5.41, 5.74) is 0. The van der Waals surface area contributed by atoms with Crippen LogP contribution in [0, 0.1) is 41.4 Å². The monoisotopic (exact) mass is 652 g/mol. The van der Waals surface area contributed by atoms with Gasteiger partial charge in [-0.1, -0.05) is 98.6 Å². The van der Waals surface area contributed by atoms with E-state index in [1.807, 2.05) is 0 Å². The van der Waals surface area contributed by atoms with Crippen molar-refractivity contribution in [3.05, 3.63) is 12.2 Å². The summed E-state index contributed by atoms with van der Waals surface area (Å²) < 4.78 is 34.7. The number of rotatable bonds is 13. The van der Waals surface area contributed by atoms with Crippen molar-refractivity contribution < 1.29 is 27.9 Å². The second-order valence-electron chi connectivity index (χ2n) is 16.7. The van der Waals surface area contributed by atoms with Crippen molar-refractivity contribution in [2.24, 2.45) is 29.6 Å². The summed E-state index contributed by atoms with van der Waals surface area (Å²) in [7, 11) is -2.87. The Morgan fingerprint density at radius 2 is 1.64 bits per heavy atom. The van der Waals surface area contributed by atoms with Crippen molar-refractivity contribution in [2.45, 2.75) is 161 Å². The van der Waals surface area contributed by atoms with Crippen LogP contribution >= 0.6 is 0 Å². The van der Waals surface area contributed by atoms with E-state index < -0.39 is 34.8 Å². The first-order valence-electron chi connectivity index (χ1n) is 17.1. The molecule has 0 aliphatic heterocycles. The molecule has 7 atom stereocenters. The Morgan fingerprint density at radius 1 is 1.05 bits per heavy atom. The SMILES string of the molecule is CCCC[C@H](C)C[C@@H](/C=C/[C@@H]1[C@@H]([C@@H](F)C#CC2CC(C(=O)OC)C2)[C@H](O)C[C@H]1O[Si](C)(C)C(C)(C)C)O[Si](C)(C)C(C)(C)C. The lowest BCUT2D eigenvalue weighted by atomic mass is 9.75. The van der Waals surface area contributed by atoms with E-state index in [1.165, 1.54) is 20.0 Å². The number of halogens is 1. The molecule has 0 bridgehead atoms. The van der Waals surface area contributed by atoms with Crippen LogP contribution in [0.15, 0.2) is 12.2 Å². The van der Waals surface area contributed by atoms with Crippen LogP contribution in [0.3, 0.4) is 0 Å². The maximum Gasteiger partial charge on any atom is 0.308 e. The minimum Gasteiger partial charge on any atom is -0.469 e. The molecule has 8 heteroatoms. The fourth-order valence-corrected chi connectivity index (χ4v) is 8.46. The highest BCUT2D eigenvalue weighted by molar-refractivity contribution is 6.74. The maximum absolute atomic E-state index is 16.1. The van der Waals surface area contributed by atoms with Crippen LogP contribution in [-0.4, -0.2) is 59.3 Å². The van der Waals surface area contributed by atoms with Crippen molar-refractivity contribution in [2.75, 3.05) is 7.11 Å². The van der Waals surface area contributed by atoms with E-state index in [0.717, 1.165) is 12.8 Å². The van der Waals surface area contributed by atoms with Crippen molar-refractivity contribution in [3.8, 4) is 11.8 Å². The molecule has 0 aromatic carbocycles. The molecule has 0 heterocycles. The topological polar surface area (TPSA) is 65.0 Å². The standard InChI is InChI=1S/C36H65FO5Si2/c1-14-15-16-25(2)21-28(41-43(10,11)35(3,4)5)18-19-29-32(42-44(12,13)36(6,7)8)24-31(38)33(29)30(37)20-17-26-22-27(23-26)34(39)40-9/h18-19,25-33,38H,14-16,21-24H2,1-13H3/b19-18+/t25-,26?,27?,28+,29-,30-,31+,32+,33-/m0/s1. The molecule has 44 heavy (non-hydrogen) atoms. The number of unbranched alkanes of at least 4 members (excludes halogenated alkanes) is 1. The Hall–Kier alpha value is -0.986. The Balaban J connectivity index is 2.40. The number of methoxy groups -OCH3 is 1. The van der Waals surface area contributed by atoms with Gasteiger partial charge >= 0.3 is 5.97 Å². The number of ether oxygens (including phenoxy) is 1. The Bertz CT molecular complexity index is 1010. The van der Waals surface area contributed by atoms with Crippen molar-refractivity contribution in [1.82, 2.24) is 0 Å². The Labute approximate surface area is 271 Å². The van der Waals surface area contributed by atoms with Gasteiger partial charge in [0.2, 0.25) is 0 Å². The second kappa shape index (κ2) is 15.7. The fraction of sp³-hybridized carbons (Fsp3) is 0.861. The fourth-order valence-electron chi connectivity index (χ4n) is 5.81. The number of hydrogen-bond acceptors (Lipinski definition) is 5. The van der Waals surface area contributed by atoms with E-state index in [4.69, 9.17) is 13.6 Å². The minimum absolute atomic E-state index is 0.0116. The van der Waals surface area contributed by atoms with Crippen LogP contribution in [0.1, 0.15) is 100 Å². The lowest BCUT2D eigenvalue weighted by Crippen LogP contribution is -2.45. The van der Waals surface area contributed by atoms with Crippen LogP contribution in [0.25, 0.3) is 0 Å². The second-order valence-corrected chi connectivity index (χ2v) is 26.3. The van der Waals surface area contributed by atoms with E-state index in [9.17, 15) is 9.90 Å². The van der Waals surface area contributed by atoms with Gasteiger partial charge in [-0.05, 0) is 67.9 Å². The molecule has 2 fully saturated rings. The molecule has 0 unspecified atom stereocenters. The summed E-state index contributed by atoms with van der Waals surface area (Å²) in [6.07, 6.45) is 7.59. The van der Waals surface area contributed by atoms with Gasteiger partial charge in [0.15, 0.2) is 22.8 Å². The van der Waals surface area contributed by atoms with E-state index in [1.54, 1.807) is 0 Å². The third-order valence-corrected chi connectivity index (χ3v) is 20.0. The predicted octanol–water partition coefficient (Wildman–Crippen LogP) is 9.08. The molecule has 0 radical (unpaired) electrons. The van der Waals surface area contributed by atoms with Crippen LogP contribution in [0.4, 0.5) is 4.39 Å². The minimum atomic E-state index is -2.19. The quantitative estimate of drug-likeness (QED) is 0.0931. The van der Waals surface area contributed by atoms with Crippen molar-refractivity contribution in [3.63, 3.8) is 0 Å². The molecule has 2 rings (SSSR count). The lowest BCUT2D eigenvalue weighted by molar-refractivity contribution is -0.149. The summed E-state index contributed by atoms with van der Waals surface area (Å²) >= 11 is 0. The normalized spacial score (nSPS) is 28.6. The summed E-state index contributed by atoms with van der Waals surface area (Å²) in [5, 5.41) is 11.3. The maximum atomic E-state index is 16.1. The molecule has 0 amide bonds. The van der Waals surface area contributed by atoms with E-state index in [2.05, 4.69) is 106 Å². The average Bonchev–Trinajstić information content (AvgIpc) is 3.16. The van der Waals surface area contributed by atoms with Crippen LogP contribution in [0.5, 0.6) is 0 Å². The summed E-state index contributed by atoms with van der Waals surface area (Å²) in [6, 6.07) is 0. The number of esters is 1. The molecule has 2 saturated carbocycles. The number of hydrogen-bond donors (Lipinski definition) is 1. The molecular weight excluding hydrogens is 588 g/mol. The number of aliphatic hydroxyl groups is 1. The summed E-state index contributed by atoms with van der Waals surface area (Å²) in [4.78, 5) is 11.8. The Kier molecular flexibility index (Phi) is 14.0. The van der Waals surface area contributed by atoms with E-state index in [0.29, 0.717) is 25.2 Å². The molecule has 254 valence electrons. The van der Waals surface area contributed by atoms with Crippen LogP contribution in [0.2, 0.25) is 36.3 Å². The molecule has 5 nitrogen and oxygen atoms in total. The first-order valence-corrected chi connectivity index (χ1v) is 22.9. The molecule has 0 spiro atoms. The number of alkyl halides is 1. The molecule has 2 aliphatic carbocycles. The Morgan fingerprint density at radius 3 is 2.16 bits per heavy atom. The highest BCUT2D eigenvalue weighted by Gasteiger charge is 2.50. The van der Waals surface area contributed by atoms with Gasteiger partial charge in [0, 0.05) is 17.8 Å². The van der Waals surface area contributed by atoms with Gasteiger partial charge < -0.3 is 18.7 Å². The van der Waals surface area contributed by atoms with Gasteiger partial charge in [-0.15, -0.1) is 0 Å². The molecule has 1 N–H and O–H groups in total. The first kappa shape index (κ1) is 39.2. The van der Waals surface area contributed by atoms with Gasteiger partial charge in [-0.3, -0.25) is 4.79 Å². The van der Waals surface area contributed by atoms with E-state index in [-0.39, 0.29) is 46.0 Å². The largest absolute Gasteiger partial charge is 0.469 e. The third-order valence-electron chi connectivity index (χ3n) is 11.0. The van der Waals surface area contributed by atoms with Gasteiger partial charge in [0.25, 0.3) is 0 Å². The number of carbonyl (C=O) groups is 1. The lowest BCUT2D eigenvalue weighted by Gasteiger charge is -2.40. The number of carbonyl (C=O) groups excluding carboxylic acids is 1. The average molecular weight is 653 g/mol. The van der Waals surface area contributed by atoms with Crippen molar-refractivity contribution >= 4 is 22.6 Å².